The lowest BCUT2D eigenvalue weighted by molar-refractivity contribution is -0.135. The van der Waals surface area contributed by atoms with Gasteiger partial charge >= 0.3 is 0 Å². The van der Waals surface area contributed by atoms with Gasteiger partial charge in [-0.2, -0.15) is 0 Å². The molecule has 0 saturated heterocycles. The van der Waals surface area contributed by atoms with E-state index in [2.05, 4.69) is 0 Å². The Balaban J connectivity index is 1.73. The van der Waals surface area contributed by atoms with Crippen molar-refractivity contribution in [1.82, 2.24) is 0 Å². The molecule has 1 aromatic carbocycles. The summed E-state index contributed by atoms with van der Waals surface area (Å²) in [5, 5.41) is 0.705. The SMILES string of the molecule is Cc1sc(-c2ccc(Cl)cc2)cc1C1C(=O)[C@@H]2CC[C@@H](C2)C1=O. The van der Waals surface area contributed by atoms with E-state index in [-0.39, 0.29) is 23.4 Å². The first-order valence-corrected chi connectivity index (χ1v) is 9.18. The molecular formula is C19H17ClO2S. The highest BCUT2D eigenvalue weighted by Crippen LogP contribution is 2.46. The fourth-order valence-corrected chi connectivity index (χ4v) is 5.15. The molecule has 4 rings (SSSR count). The van der Waals surface area contributed by atoms with Crippen molar-refractivity contribution in [3.63, 3.8) is 0 Å². The molecule has 0 N–H and O–H groups in total. The number of ketones is 2. The van der Waals surface area contributed by atoms with E-state index in [1.807, 2.05) is 37.3 Å². The van der Waals surface area contributed by atoms with Gasteiger partial charge in [0.2, 0.25) is 0 Å². The molecule has 1 unspecified atom stereocenters. The molecule has 23 heavy (non-hydrogen) atoms. The van der Waals surface area contributed by atoms with Gasteiger partial charge in [-0.25, -0.2) is 0 Å². The maximum Gasteiger partial charge on any atom is 0.150 e. The summed E-state index contributed by atoms with van der Waals surface area (Å²) in [6, 6.07) is 9.72. The molecular weight excluding hydrogens is 328 g/mol. The lowest BCUT2D eigenvalue weighted by Crippen LogP contribution is -2.34. The number of carbonyl (C=O) groups is 2. The van der Waals surface area contributed by atoms with Gasteiger partial charge < -0.3 is 0 Å². The Morgan fingerprint density at radius 2 is 1.65 bits per heavy atom. The van der Waals surface area contributed by atoms with Crippen LogP contribution in [-0.2, 0) is 9.59 Å². The van der Waals surface area contributed by atoms with Crippen LogP contribution in [0.25, 0.3) is 10.4 Å². The first-order chi connectivity index (χ1) is 11.0. The Labute approximate surface area is 144 Å². The van der Waals surface area contributed by atoms with Crippen LogP contribution in [0.15, 0.2) is 30.3 Å². The van der Waals surface area contributed by atoms with Gasteiger partial charge in [-0.3, -0.25) is 9.59 Å². The number of benzene rings is 1. The highest BCUT2D eigenvalue weighted by atomic mass is 35.5. The summed E-state index contributed by atoms with van der Waals surface area (Å²) in [4.78, 5) is 27.6. The number of rotatable bonds is 2. The monoisotopic (exact) mass is 344 g/mol. The van der Waals surface area contributed by atoms with Crippen LogP contribution < -0.4 is 0 Å². The van der Waals surface area contributed by atoms with Gasteiger partial charge in [0.15, 0.2) is 11.6 Å². The molecule has 0 radical (unpaired) electrons. The van der Waals surface area contributed by atoms with Gasteiger partial charge in [0.1, 0.15) is 5.92 Å². The van der Waals surface area contributed by atoms with Gasteiger partial charge in [-0.1, -0.05) is 23.7 Å². The number of fused-ring (bicyclic) bond motifs is 2. The number of Topliss-reactive ketones (excluding diaryl/α,β-unsaturated/α-hetero) is 2. The summed E-state index contributed by atoms with van der Waals surface area (Å²) >= 11 is 7.60. The third-order valence-corrected chi connectivity index (χ3v) is 6.57. The molecule has 2 aliphatic carbocycles. The van der Waals surface area contributed by atoms with Crippen molar-refractivity contribution in [2.24, 2.45) is 11.8 Å². The van der Waals surface area contributed by atoms with Crippen LogP contribution in [-0.4, -0.2) is 11.6 Å². The number of thiophene rings is 1. The van der Waals surface area contributed by atoms with Crippen LogP contribution in [0.1, 0.15) is 35.6 Å². The highest BCUT2D eigenvalue weighted by Gasteiger charge is 2.48. The maximum atomic E-state index is 12.7. The molecule has 0 aliphatic heterocycles. The zero-order chi connectivity index (χ0) is 16.1. The predicted molar refractivity (Wildman–Crippen MR) is 93.1 cm³/mol. The van der Waals surface area contributed by atoms with Crippen molar-refractivity contribution in [2.75, 3.05) is 0 Å². The molecule has 1 aromatic heterocycles. The summed E-state index contributed by atoms with van der Waals surface area (Å²) < 4.78 is 0. The van der Waals surface area contributed by atoms with Gasteiger partial charge in [-0.15, -0.1) is 11.3 Å². The molecule has 118 valence electrons. The summed E-state index contributed by atoms with van der Waals surface area (Å²) in [6.45, 7) is 2.01. The molecule has 1 heterocycles. The summed E-state index contributed by atoms with van der Waals surface area (Å²) in [5.74, 6) is -0.0415. The predicted octanol–water partition coefficient (Wildman–Crippen LogP) is 5.03. The van der Waals surface area contributed by atoms with Crippen LogP contribution >= 0.6 is 22.9 Å². The fourth-order valence-electron chi connectivity index (χ4n) is 3.96. The van der Waals surface area contributed by atoms with Crippen LogP contribution in [0.2, 0.25) is 5.02 Å². The third kappa shape index (κ3) is 2.47. The Hall–Kier alpha value is -1.45. The summed E-state index contributed by atoms with van der Waals surface area (Å²) in [7, 11) is 0. The Morgan fingerprint density at radius 3 is 2.26 bits per heavy atom. The average Bonchev–Trinajstić information content (AvgIpc) is 3.13. The normalized spacial score (nSPS) is 26.8. The zero-order valence-corrected chi connectivity index (χ0v) is 14.4. The van der Waals surface area contributed by atoms with E-state index in [1.165, 1.54) is 0 Å². The zero-order valence-electron chi connectivity index (χ0n) is 12.8. The highest BCUT2D eigenvalue weighted by molar-refractivity contribution is 7.15. The summed E-state index contributed by atoms with van der Waals surface area (Å²) in [5.41, 5.74) is 2.00. The van der Waals surface area contributed by atoms with Crippen LogP contribution in [0.4, 0.5) is 0 Å². The molecule has 2 fully saturated rings. The molecule has 2 aliphatic rings. The second-order valence-corrected chi connectivity index (χ2v) is 8.27. The number of halogens is 1. The minimum absolute atomic E-state index is 0.0981. The molecule has 0 spiro atoms. The Morgan fingerprint density at radius 1 is 1.04 bits per heavy atom. The standard InChI is InChI=1S/C19H17ClO2S/c1-10-15(9-16(23-10)11-4-6-14(20)7-5-11)17-18(21)12-2-3-13(8-12)19(17)22/h4-7,9,12-13,17H,2-3,8H2,1H3/t12-,13+,17?. The van der Waals surface area contributed by atoms with Gasteiger partial charge in [-0.05, 0) is 55.5 Å². The number of aryl methyl sites for hydroxylation is 1. The van der Waals surface area contributed by atoms with E-state index in [0.29, 0.717) is 5.02 Å². The maximum absolute atomic E-state index is 12.7. The lowest BCUT2D eigenvalue weighted by atomic mass is 9.75. The first-order valence-electron chi connectivity index (χ1n) is 7.98. The number of hydrogen-bond acceptors (Lipinski definition) is 3. The number of hydrogen-bond donors (Lipinski definition) is 0. The second kappa shape index (κ2) is 5.57. The van der Waals surface area contributed by atoms with Crippen LogP contribution in [0.5, 0.6) is 0 Å². The van der Waals surface area contributed by atoms with Crippen molar-refractivity contribution < 1.29 is 9.59 Å². The molecule has 2 aromatic rings. The number of carbonyl (C=O) groups excluding carboxylic acids is 2. The van der Waals surface area contributed by atoms with Gasteiger partial charge in [0.25, 0.3) is 0 Å². The molecule has 2 nitrogen and oxygen atoms in total. The van der Waals surface area contributed by atoms with Crippen molar-refractivity contribution in [1.29, 1.82) is 0 Å². The van der Waals surface area contributed by atoms with Crippen LogP contribution in [0, 0.1) is 18.8 Å². The van der Waals surface area contributed by atoms with E-state index < -0.39 is 5.92 Å². The lowest BCUT2D eigenvalue weighted by Gasteiger charge is -2.25. The molecule has 4 heteroatoms. The quantitative estimate of drug-likeness (QED) is 0.716. The van der Waals surface area contributed by atoms with E-state index in [4.69, 9.17) is 11.6 Å². The van der Waals surface area contributed by atoms with Crippen LogP contribution in [0.3, 0.4) is 0 Å². The largest absolute Gasteiger partial charge is 0.298 e. The molecule has 0 amide bonds. The van der Waals surface area contributed by atoms with E-state index >= 15 is 0 Å². The Bertz CT molecular complexity index is 768. The van der Waals surface area contributed by atoms with Gasteiger partial charge in [0.05, 0.1) is 0 Å². The van der Waals surface area contributed by atoms with Crippen molar-refractivity contribution in [3.8, 4) is 10.4 Å². The van der Waals surface area contributed by atoms with Gasteiger partial charge in [0, 0.05) is 26.6 Å². The van der Waals surface area contributed by atoms with E-state index in [9.17, 15) is 9.59 Å². The Kier molecular flexibility index (Phi) is 3.66. The average molecular weight is 345 g/mol. The third-order valence-electron chi connectivity index (χ3n) is 5.20. The fraction of sp³-hybridized carbons (Fsp3) is 0.368. The molecule has 2 bridgehead atoms. The van der Waals surface area contributed by atoms with E-state index in [0.717, 1.165) is 40.1 Å². The molecule has 2 saturated carbocycles. The van der Waals surface area contributed by atoms with E-state index in [1.54, 1.807) is 11.3 Å². The minimum atomic E-state index is -0.529. The summed E-state index contributed by atoms with van der Waals surface area (Å²) in [6.07, 6.45) is 2.55. The second-order valence-electron chi connectivity index (χ2n) is 6.57. The van der Waals surface area contributed by atoms with Crippen molar-refractivity contribution in [2.45, 2.75) is 32.1 Å². The van der Waals surface area contributed by atoms with Crippen molar-refractivity contribution in [3.05, 3.63) is 45.8 Å². The smallest absolute Gasteiger partial charge is 0.150 e. The molecule has 3 atom stereocenters. The topological polar surface area (TPSA) is 34.1 Å². The first kappa shape index (κ1) is 15.1. The van der Waals surface area contributed by atoms with Crippen molar-refractivity contribution >= 4 is 34.5 Å². The minimum Gasteiger partial charge on any atom is -0.298 e.